The van der Waals surface area contributed by atoms with Gasteiger partial charge in [-0.3, -0.25) is 4.79 Å². The highest BCUT2D eigenvalue weighted by atomic mass is 127. The Morgan fingerprint density at radius 3 is 2.50 bits per heavy atom. The van der Waals surface area contributed by atoms with Crippen LogP contribution in [0.2, 0.25) is 0 Å². The SMILES string of the molecule is CCNC(=O)OCCOC(=O)CCI. The standard InChI is InChI=1S/C8H14INO4/c1-2-10-8(12)14-6-5-13-7(11)3-4-9/h2-6H2,1H3,(H,10,12). The molecule has 0 atom stereocenters. The summed E-state index contributed by atoms with van der Waals surface area (Å²) in [5.41, 5.74) is 0. The third-order valence-electron chi connectivity index (χ3n) is 1.20. The van der Waals surface area contributed by atoms with E-state index in [4.69, 9.17) is 4.74 Å². The number of amides is 1. The van der Waals surface area contributed by atoms with E-state index in [2.05, 4.69) is 32.6 Å². The first-order valence-corrected chi connectivity index (χ1v) is 5.85. The monoisotopic (exact) mass is 315 g/mol. The minimum absolute atomic E-state index is 0.0961. The summed E-state index contributed by atoms with van der Waals surface area (Å²) in [6, 6.07) is 0. The van der Waals surface area contributed by atoms with Crippen molar-refractivity contribution >= 4 is 34.7 Å². The van der Waals surface area contributed by atoms with E-state index in [0.717, 1.165) is 4.43 Å². The second-order valence-corrected chi connectivity index (χ2v) is 3.40. The van der Waals surface area contributed by atoms with E-state index in [1.807, 2.05) is 0 Å². The minimum Gasteiger partial charge on any atom is -0.462 e. The number of alkyl halides is 1. The van der Waals surface area contributed by atoms with Crippen LogP contribution in [-0.4, -0.2) is 36.2 Å². The average Bonchev–Trinajstić information content (AvgIpc) is 2.13. The number of carbonyl (C=O) groups is 2. The van der Waals surface area contributed by atoms with Crippen LogP contribution >= 0.6 is 22.6 Å². The van der Waals surface area contributed by atoms with Crippen LogP contribution in [0.5, 0.6) is 0 Å². The molecule has 5 nitrogen and oxygen atoms in total. The molecule has 0 saturated carbocycles. The van der Waals surface area contributed by atoms with Gasteiger partial charge in [0, 0.05) is 11.0 Å². The maximum Gasteiger partial charge on any atom is 0.407 e. The van der Waals surface area contributed by atoms with Crippen LogP contribution in [0.1, 0.15) is 13.3 Å². The highest BCUT2D eigenvalue weighted by molar-refractivity contribution is 14.1. The fourth-order valence-electron chi connectivity index (χ4n) is 0.635. The van der Waals surface area contributed by atoms with Crippen molar-refractivity contribution in [2.75, 3.05) is 24.2 Å². The molecule has 0 aliphatic heterocycles. The summed E-state index contributed by atoms with van der Waals surface area (Å²) >= 11 is 2.09. The van der Waals surface area contributed by atoms with Gasteiger partial charge in [-0.15, -0.1) is 0 Å². The number of ether oxygens (including phenoxy) is 2. The van der Waals surface area contributed by atoms with E-state index in [9.17, 15) is 9.59 Å². The predicted octanol–water partition coefficient (Wildman–Crippen LogP) is 1.10. The van der Waals surface area contributed by atoms with Crippen LogP contribution in [0.25, 0.3) is 0 Å². The second kappa shape index (κ2) is 9.04. The van der Waals surface area contributed by atoms with Crippen molar-refractivity contribution in [3.8, 4) is 0 Å². The van der Waals surface area contributed by atoms with Crippen LogP contribution in [0.15, 0.2) is 0 Å². The Hall–Kier alpha value is -0.530. The first kappa shape index (κ1) is 13.5. The lowest BCUT2D eigenvalue weighted by molar-refractivity contribution is -0.144. The number of hydrogen-bond acceptors (Lipinski definition) is 4. The fourth-order valence-corrected chi connectivity index (χ4v) is 1.07. The predicted molar refractivity (Wildman–Crippen MR) is 59.5 cm³/mol. The summed E-state index contributed by atoms with van der Waals surface area (Å²) in [5, 5.41) is 2.46. The molecule has 0 aromatic rings. The molecule has 1 N–H and O–H groups in total. The van der Waals surface area contributed by atoms with Gasteiger partial charge in [0.05, 0.1) is 6.42 Å². The first-order valence-electron chi connectivity index (χ1n) is 4.33. The van der Waals surface area contributed by atoms with Gasteiger partial charge in [0.25, 0.3) is 0 Å². The molecule has 82 valence electrons. The number of alkyl carbamates (subject to hydrolysis) is 1. The van der Waals surface area contributed by atoms with Gasteiger partial charge in [0.2, 0.25) is 0 Å². The van der Waals surface area contributed by atoms with E-state index in [1.165, 1.54) is 0 Å². The zero-order chi connectivity index (χ0) is 10.8. The maximum atomic E-state index is 10.8. The molecule has 0 aromatic heterocycles. The summed E-state index contributed by atoms with van der Waals surface area (Å²) in [4.78, 5) is 21.6. The van der Waals surface area contributed by atoms with E-state index in [0.29, 0.717) is 13.0 Å². The Kier molecular flexibility index (Phi) is 8.70. The molecule has 14 heavy (non-hydrogen) atoms. The molecule has 0 aliphatic carbocycles. The van der Waals surface area contributed by atoms with Gasteiger partial charge in [0.15, 0.2) is 0 Å². The van der Waals surface area contributed by atoms with E-state index in [1.54, 1.807) is 6.92 Å². The van der Waals surface area contributed by atoms with Crippen molar-refractivity contribution < 1.29 is 19.1 Å². The largest absolute Gasteiger partial charge is 0.462 e. The summed E-state index contributed by atoms with van der Waals surface area (Å²) in [6.07, 6.45) is -0.0979. The summed E-state index contributed by atoms with van der Waals surface area (Å²) < 4.78 is 10.2. The molecule has 0 fully saturated rings. The number of carbonyl (C=O) groups excluding carboxylic acids is 2. The Bertz CT molecular complexity index is 166. The molecule has 0 rings (SSSR count). The van der Waals surface area contributed by atoms with Gasteiger partial charge < -0.3 is 14.8 Å². The van der Waals surface area contributed by atoms with Crippen molar-refractivity contribution in [1.82, 2.24) is 5.32 Å². The van der Waals surface area contributed by atoms with Crippen molar-refractivity contribution in [1.29, 1.82) is 0 Å². The maximum absolute atomic E-state index is 10.8. The molecular formula is C8H14INO4. The first-order chi connectivity index (χ1) is 6.70. The number of esters is 1. The molecule has 0 unspecified atom stereocenters. The lowest BCUT2D eigenvalue weighted by Gasteiger charge is -2.05. The van der Waals surface area contributed by atoms with Gasteiger partial charge in [0.1, 0.15) is 13.2 Å². The third-order valence-corrected chi connectivity index (χ3v) is 1.74. The van der Waals surface area contributed by atoms with Crippen LogP contribution < -0.4 is 5.32 Å². The van der Waals surface area contributed by atoms with E-state index in [-0.39, 0.29) is 19.2 Å². The lowest BCUT2D eigenvalue weighted by Crippen LogP contribution is -2.25. The summed E-state index contributed by atoms with van der Waals surface area (Å²) in [5.74, 6) is -0.265. The smallest absolute Gasteiger partial charge is 0.407 e. The molecule has 0 aliphatic rings. The summed E-state index contributed by atoms with van der Waals surface area (Å²) in [7, 11) is 0. The molecule has 0 spiro atoms. The van der Waals surface area contributed by atoms with Gasteiger partial charge in [-0.1, -0.05) is 22.6 Å². The van der Waals surface area contributed by atoms with Crippen molar-refractivity contribution in [3.05, 3.63) is 0 Å². The molecule has 6 heteroatoms. The Labute approximate surface area is 96.7 Å². The third kappa shape index (κ3) is 8.09. The Balaban J connectivity index is 3.28. The van der Waals surface area contributed by atoms with Gasteiger partial charge in [-0.2, -0.15) is 0 Å². The normalized spacial score (nSPS) is 9.29. The number of rotatable bonds is 6. The molecule has 0 radical (unpaired) electrons. The van der Waals surface area contributed by atoms with Gasteiger partial charge >= 0.3 is 12.1 Å². The van der Waals surface area contributed by atoms with E-state index < -0.39 is 6.09 Å². The number of hydrogen-bond donors (Lipinski definition) is 1. The topological polar surface area (TPSA) is 64.6 Å². The number of halogens is 1. The van der Waals surface area contributed by atoms with Crippen LogP contribution in [0, 0.1) is 0 Å². The van der Waals surface area contributed by atoms with Crippen molar-refractivity contribution in [3.63, 3.8) is 0 Å². The highest BCUT2D eigenvalue weighted by Gasteiger charge is 2.02. The lowest BCUT2D eigenvalue weighted by atomic mass is 10.5. The van der Waals surface area contributed by atoms with Gasteiger partial charge in [-0.05, 0) is 6.92 Å². The van der Waals surface area contributed by atoms with Crippen LogP contribution in [0.3, 0.4) is 0 Å². The zero-order valence-corrected chi connectivity index (χ0v) is 10.2. The quantitative estimate of drug-likeness (QED) is 0.345. The van der Waals surface area contributed by atoms with Crippen molar-refractivity contribution in [2.45, 2.75) is 13.3 Å². The summed E-state index contributed by atoms with van der Waals surface area (Å²) in [6.45, 7) is 2.53. The average molecular weight is 315 g/mol. The Morgan fingerprint density at radius 2 is 1.93 bits per heavy atom. The van der Waals surface area contributed by atoms with Crippen LogP contribution in [-0.2, 0) is 14.3 Å². The highest BCUT2D eigenvalue weighted by Crippen LogP contribution is 1.92. The zero-order valence-electron chi connectivity index (χ0n) is 8.05. The molecule has 0 aromatic carbocycles. The van der Waals surface area contributed by atoms with Crippen LogP contribution in [0.4, 0.5) is 4.79 Å². The molecular weight excluding hydrogens is 301 g/mol. The Morgan fingerprint density at radius 1 is 1.29 bits per heavy atom. The molecule has 1 amide bonds. The van der Waals surface area contributed by atoms with E-state index >= 15 is 0 Å². The molecule has 0 heterocycles. The fraction of sp³-hybridized carbons (Fsp3) is 0.750. The second-order valence-electron chi connectivity index (χ2n) is 2.33. The molecule has 0 bridgehead atoms. The molecule has 0 saturated heterocycles. The number of nitrogens with one attached hydrogen (secondary N) is 1. The minimum atomic E-state index is -0.488. The van der Waals surface area contributed by atoms with Crippen molar-refractivity contribution in [2.24, 2.45) is 0 Å². The van der Waals surface area contributed by atoms with Gasteiger partial charge in [-0.25, -0.2) is 4.79 Å².